The number of hydrogen-bond donors (Lipinski definition) is 1. The van der Waals surface area contributed by atoms with Crippen molar-refractivity contribution in [1.29, 1.82) is 0 Å². The molecule has 4 aromatic rings. The Morgan fingerprint density at radius 3 is 2.33 bits per heavy atom. The van der Waals surface area contributed by atoms with Crippen LogP contribution in [0.3, 0.4) is 0 Å². The van der Waals surface area contributed by atoms with Crippen molar-refractivity contribution < 1.29 is 4.79 Å². The van der Waals surface area contributed by atoms with Crippen molar-refractivity contribution >= 4 is 11.7 Å². The van der Waals surface area contributed by atoms with Crippen LogP contribution in [-0.4, -0.2) is 15.5 Å². The van der Waals surface area contributed by atoms with Crippen LogP contribution in [0.1, 0.15) is 33.5 Å². The number of nitrogens with zero attached hydrogens (tertiary/aromatic N) is 2. The van der Waals surface area contributed by atoms with E-state index in [-0.39, 0.29) is 6.03 Å². The second-order valence-electron chi connectivity index (χ2n) is 8.64. The molecule has 0 bridgehead atoms. The number of carbonyl (C=O) groups excluding carboxylic acids is 1. The fourth-order valence-corrected chi connectivity index (χ4v) is 4.07. The number of aryl methyl sites for hydroxylation is 3. The molecule has 3 aromatic carbocycles. The number of anilines is 1. The second kappa shape index (κ2) is 10.2. The van der Waals surface area contributed by atoms with Gasteiger partial charge in [-0.2, -0.15) is 0 Å². The third-order valence-electron chi connectivity index (χ3n) is 6.01. The van der Waals surface area contributed by atoms with Crippen LogP contribution in [0, 0.1) is 20.8 Å². The maximum absolute atomic E-state index is 13.4. The normalized spacial score (nSPS) is 10.8. The van der Waals surface area contributed by atoms with Crippen LogP contribution in [0.5, 0.6) is 0 Å². The molecule has 168 valence electrons. The highest BCUT2D eigenvalue weighted by atomic mass is 16.2. The molecule has 0 aliphatic heterocycles. The molecule has 4 nitrogen and oxygen atoms in total. The minimum Gasteiger partial charge on any atom is -0.345 e. The van der Waals surface area contributed by atoms with E-state index in [1.54, 1.807) is 0 Å². The molecule has 1 heterocycles. The second-order valence-corrected chi connectivity index (χ2v) is 8.64. The van der Waals surface area contributed by atoms with Gasteiger partial charge in [-0.25, -0.2) is 4.79 Å². The van der Waals surface area contributed by atoms with Crippen molar-refractivity contribution in [2.24, 2.45) is 0 Å². The van der Waals surface area contributed by atoms with Gasteiger partial charge in [0.15, 0.2) is 0 Å². The van der Waals surface area contributed by atoms with E-state index in [9.17, 15) is 4.79 Å². The van der Waals surface area contributed by atoms with Crippen LogP contribution in [0.25, 0.3) is 0 Å². The van der Waals surface area contributed by atoms with Crippen LogP contribution in [0.15, 0.2) is 91.1 Å². The molecule has 0 unspecified atom stereocenters. The first-order chi connectivity index (χ1) is 16.0. The number of rotatable bonds is 7. The molecule has 0 aliphatic rings. The number of hydrogen-bond acceptors (Lipinski definition) is 1. The molecule has 0 saturated heterocycles. The lowest BCUT2D eigenvalue weighted by Gasteiger charge is -2.25. The lowest BCUT2D eigenvalue weighted by Crippen LogP contribution is -2.35. The van der Waals surface area contributed by atoms with Crippen LogP contribution in [-0.2, 0) is 19.6 Å². The quantitative estimate of drug-likeness (QED) is 0.343. The molecule has 4 heteroatoms. The van der Waals surface area contributed by atoms with Gasteiger partial charge in [0.1, 0.15) is 0 Å². The Kier molecular flexibility index (Phi) is 6.94. The average Bonchev–Trinajstić information content (AvgIpc) is 3.24. The van der Waals surface area contributed by atoms with E-state index >= 15 is 0 Å². The van der Waals surface area contributed by atoms with E-state index in [1.165, 1.54) is 16.7 Å². The van der Waals surface area contributed by atoms with E-state index < -0.39 is 0 Å². The monoisotopic (exact) mass is 437 g/mol. The standard InChI is InChI=1S/C29H31N3O/c1-22-15-16-28(24(3)18-22)30-29(33)32(19-25-11-5-4-6-12-25)21-27-14-9-17-31(27)20-26-13-8-7-10-23(26)2/h4-18H,19-21H2,1-3H3,(H,30,33). The number of nitrogens with one attached hydrogen (secondary N) is 1. The van der Waals surface area contributed by atoms with Gasteiger partial charge in [-0.1, -0.05) is 72.3 Å². The van der Waals surface area contributed by atoms with Crippen LogP contribution in [0.4, 0.5) is 10.5 Å². The first-order valence-corrected chi connectivity index (χ1v) is 11.4. The first kappa shape index (κ1) is 22.4. The van der Waals surface area contributed by atoms with Crippen LogP contribution >= 0.6 is 0 Å². The maximum Gasteiger partial charge on any atom is 0.322 e. The summed E-state index contributed by atoms with van der Waals surface area (Å²) in [5.74, 6) is 0. The number of aromatic nitrogens is 1. The lowest BCUT2D eigenvalue weighted by atomic mass is 10.1. The summed E-state index contributed by atoms with van der Waals surface area (Å²) in [4.78, 5) is 15.3. The fraction of sp³-hybridized carbons (Fsp3) is 0.207. The summed E-state index contributed by atoms with van der Waals surface area (Å²) < 4.78 is 2.23. The highest BCUT2D eigenvalue weighted by molar-refractivity contribution is 5.90. The van der Waals surface area contributed by atoms with Gasteiger partial charge in [-0.15, -0.1) is 0 Å². The van der Waals surface area contributed by atoms with Crippen molar-refractivity contribution in [1.82, 2.24) is 9.47 Å². The molecule has 33 heavy (non-hydrogen) atoms. The minimum absolute atomic E-state index is 0.102. The summed E-state index contributed by atoms with van der Waals surface area (Å²) in [5, 5.41) is 3.13. The van der Waals surface area contributed by atoms with Crippen LogP contribution in [0.2, 0.25) is 0 Å². The Hall–Kier alpha value is -3.79. The van der Waals surface area contributed by atoms with E-state index in [1.807, 2.05) is 42.2 Å². The van der Waals surface area contributed by atoms with E-state index in [0.29, 0.717) is 13.1 Å². The van der Waals surface area contributed by atoms with Gasteiger partial charge >= 0.3 is 6.03 Å². The predicted molar refractivity (Wildman–Crippen MR) is 135 cm³/mol. The number of carbonyl (C=O) groups is 1. The lowest BCUT2D eigenvalue weighted by molar-refractivity contribution is 0.205. The smallest absolute Gasteiger partial charge is 0.322 e. The van der Waals surface area contributed by atoms with E-state index in [0.717, 1.165) is 29.1 Å². The highest BCUT2D eigenvalue weighted by Gasteiger charge is 2.18. The predicted octanol–water partition coefficient (Wildman–Crippen LogP) is 6.70. The number of urea groups is 1. The molecule has 0 spiro atoms. The van der Waals surface area contributed by atoms with Crippen molar-refractivity contribution in [3.63, 3.8) is 0 Å². The van der Waals surface area contributed by atoms with Gasteiger partial charge in [-0.3, -0.25) is 0 Å². The van der Waals surface area contributed by atoms with E-state index in [4.69, 9.17) is 0 Å². The minimum atomic E-state index is -0.102. The molecule has 1 aromatic heterocycles. The molecule has 0 fully saturated rings. The summed E-state index contributed by atoms with van der Waals surface area (Å²) in [6.45, 7) is 8.06. The first-order valence-electron chi connectivity index (χ1n) is 11.4. The molecule has 0 aliphatic carbocycles. The van der Waals surface area contributed by atoms with E-state index in [2.05, 4.69) is 84.5 Å². The average molecular weight is 438 g/mol. The zero-order chi connectivity index (χ0) is 23.2. The Morgan fingerprint density at radius 2 is 1.58 bits per heavy atom. The summed E-state index contributed by atoms with van der Waals surface area (Å²) in [6, 6.07) is 28.7. The van der Waals surface area contributed by atoms with Gasteiger partial charge < -0.3 is 14.8 Å². The molecule has 0 radical (unpaired) electrons. The topological polar surface area (TPSA) is 37.3 Å². The molecular weight excluding hydrogens is 406 g/mol. The number of amides is 2. The van der Waals surface area contributed by atoms with Gasteiger partial charge in [0, 0.05) is 30.7 Å². The maximum atomic E-state index is 13.4. The summed E-state index contributed by atoms with van der Waals surface area (Å²) >= 11 is 0. The summed E-state index contributed by atoms with van der Waals surface area (Å²) in [5.41, 5.74) is 7.84. The zero-order valence-corrected chi connectivity index (χ0v) is 19.6. The largest absolute Gasteiger partial charge is 0.345 e. The Morgan fingerprint density at radius 1 is 0.818 bits per heavy atom. The number of benzene rings is 3. The Balaban J connectivity index is 1.57. The van der Waals surface area contributed by atoms with Crippen molar-refractivity contribution in [3.8, 4) is 0 Å². The third kappa shape index (κ3) is 5.72. The molecular formula is C29H31N3O. The van der Waals surface area contributed by atoms with Gasteiger partial charge in [0.2, 0.25) is 0 Å². The summed E-state index contributed by atoms with van der Waals surface area (Å²) in [6.07, 6.45) is 2.09. The molecule has 2 amide bonds. The fourth-order valence-electron chi connectivity index (χ4n) is 4.07. The Labute approximate surface area is 196 Å². The van der Waals surface area contributed by atoms with Gasteiger partial charge in [0.05, 0.1) is 6.54 Å². The SMILES string of the molecule is Cc1ccc(NC(=O)N(Cc2ccccc2)Cc2cccn2Cc2ccccc2C)c(C)c1. The zero-order valence-electron chi connectivity index (χ0n) is 19.6. The molecule has 1 N–H and O–H groups in total. The van der Waals surface area contributed by atoms with Gasteiger partial charge in [-0.05, 0) is 61.2 Å². The van der Waals surface area contributed by atoms with Crippen LogP contribution < -0.4 is 5.32 Å². The molecule has 4 rings (SSSR count). The van der Waals surface area contributed by atoms with Crippen molar-refractivity contribution in [2.45, 2.75) is 40.4 Å². The summed E-state index contributed by atoms with van der Waals surface area (Å²) in [7, 11) is 0. The van der Waals surface area contributed by atoms with Crippen molar-refractivity contribution in [3.05, 3.63) is 125 Å². The highest BCUT2D eigenvalue weighted by Crippen LogP contribution is 2.19. The third-order valence-corrected chi connectivity index (χ3v) is 6.01. The Bertz CT molecular complexity index is 1230. The van der Waals surface area contributed by atoms with Crippen molar-refractivity contribution in [2.75, 3.05) is 5.32 Å². The molecule has 0 saturated carbocycles. The molecule has 0 atom stereocenters. The van der Waals surface area contributed by atoms with Gasteiger partial charge in [0.25, 0.3) is 0 Å².